The lowest BCUT2D eigenvalue weighted by Gasteiger charge is -2.13. The number of hydrogen-bond donors (Lipinski definition) is 1. The predicted octanol–water partition coefficient (Wildman–Crippen LogP) is 5.00. The van der Waals surface area contributed by atoms with Crippen molar-refractivity contribution in [1.29, 1.82) is 0 Å². The molecule has 2 aromatic rings. The Morgan fingerprint density at radius 3 is 2.95 bits per heavy atom. The van der Waals surface area contributed by atoms with Crippen LogP contribution in [0, 0.1) is 0 Å². The first kappa shape index (κ1) is 14.4. The van der Waals surface area contributed by atoms with E-state index in [0.29, 0.717) is 12.6 Å². The standard InChI is InChI=1S/C15H15BrClNOS/c16-10-6-12(20-9-10)8-19-15-3-1-2-14(17)13(15)7-18-11-4-5-11/h1-3,6,9,11,18H,4-5,7-8H2. The predicted molar refractivity (Wildman–Crippen MR) is 87.7 cm³/mol. The van der Waals surface area contributed by atoms with Crippen molar-refractivity contribution in [3.8, 4) is 5.75 Å². The minimum atomic E-state index is 0.576. The van der Waals surface area contributed by atoms with Gasteiger partial charge in [0, 0.05) is 37.9 Å². The van der Waals surface area contributed by atoms with Crippen molar-refractivity contribution >= 4 is 38.9 Å². The summed E-state index contributed by atoms with van der Waals surface area (Å²) in [7, 11) is 0. The fraction of sp³-hybridized carbons (Fsp3) is 0.333. The summed E-state index contributed by atoms with van der Waals surface area (Å²) < 4.78 is 7.04. The first-order valence-corrected chi connectivity index (χ1v) is 8.64. The molecule has 1 saturated carbocycles. The molecule has 0 radical (unpaired) electrons. The average Bonchev–Trinajstić information content (AvgIpc) is 3.17. The molecule has 0 bridgehead atoms. The molecule has 1 fully saturated rings. The molecule has 1 aliphatic carbocycles. The second kappa shape index (κ2) is 6.48. The van der Waals surface area contributed by atoms with Gasteiger partial charge in [0.25, 0.3) is 0 Å². The maximum Gasteiger partial charge on any atom is 0.125 e. The van der Waals surface area contributed by atoms with Crippen LogP contribution in [0.2, 0.25) is 5.02 Å². The van der Waals surface area contributed by atoms with Gasteiger partial charge in [0.05, 0.1) is 0 Å². The van der Waals surface area contributed by atoms with Crippen LogP contribution in [0.3, 0.4) is 0 Å². The highest BCUT2D eigenvalue weighted by atomic mass is 79.9. The molecule has 0 saturated heterocycles. The summed E-state index contributed by atoms with van der Waals surface area (Å²) in [6, 6.07) is 8.57. The fourth-order valence-electron chi connectivity index (χ4n) is 1.96. The van der Waals surface area contributed by atoms with Crippen LogP contribution in [0.5, 0.6) is 5.75 Å². The topological polar surface area (TPSA) is 21.3 Å². The first-order chi connectivity index (χ1) is 9.72. The highest BCUT2D eigenvalue weighted by molar-refractivity contribution is 9.10. The third-order valence-corrected chi connectivity index (χ3v) is 5.24. The average molecular weight is 373 g/mol. The number of thiophene rings is 1. The zero-order chi connectivity index (χ0) is 13.9. The van der Waals surface area contributed by atoms with E-state index in [1.807, 2.05) is 18.2 Å². The summed E-state index contributed by atoms with van der Waals surface area (Å²) in [5, 5.41) is 6.32. The fourth-order valence-corrected chi connectivity index (χ4v) is 3.55. The van der Waals surface area contributed by atoms with E-state index in [2.05, 4.69) is 32.7 Å². The van der Waals surface area contributed by atoms with Gasteiger partial charge < -0.3 is 10.1 Å². The van der Waals surface area contributed by atoms with E-state index >= 15 is 0 Å². The van der Waals surface area contributed by atoms with Crippen LogP contribution < -0.4 is 10.1 Å². The van der Waals surface area contributed by atoms with Crippen molar-refractivity contribution in [2.24, 2.45) is 0 Å². The van der Waals surface area contributed by atoms with Crippen LogP contribution in [-0.4, -0.2) is 6.04 Å². The number of benzene rings is 1. The smallest absolute Gasteiger partial charge is 0.125 e. The highest BCUT2D eigenvalue weighted by Crippen LogP contribution is 2.29. The number of nitrogens with one attached hydrogen (secondary N) is 1. The molecule has 0 atom stereocenters. The molecular formula is C15H15BrClNOS. The Morgan fingerprint density at radius 2 is 2.25 bits per heavy atom. The van der Waals surface area contributed by atoms with E-state index in [4.69, 9.17) is 16.3 Å². The van der Waals surface area contributed by atoms with Crippen LogP contribution in [0.15, 0.2) is 34.1 Å². The normalized spacial score (nSPS) is 14.5. The van der Waals surface area contributed by atoms with Crippen LogP contribution in [-0.2, 0) is 13.2 Å². The quantitative estimate of drug-likeness (QED) is 0.771. The molecule has 1 aromatic carbocycles. The van der Waals surface area contributed by atoms with E-state index < -0.39 is 0 Å². The monoisotopic (exact) mass is 371 g/mol. The Hall–Kier alpha value is -0.550. The van der Waals surface area contributed by atoms with Crippen molar-refractivity contribution in [3.63, 3.8) is 0 Å². The lowest BCUT2D eigenvalue weighted by atomic mass is 10.2. The van der Waals surface area contributed by atoms with Crippen LogP contribution in [0.4, 0.5) is 0 Å². The SMILES string of the molecule is Clc1cccc(OCc2cc(Br)cs2)c1CNC1CC1. The van der Waals surface area contributed by atoms with E-state index in [1.54, 1.807) is 11.3 Å². The van der Waals surface area contributed by atoms with E-state index in [9.17, 15) is 0 Å². The van der Waals surface area contributed by atoms with Gasteiger partial charge in [-0.25, -0.2) is 0 Å². The molecule has 106 valence electrons. The minimum Gasteiger partial charge on any atom is -0.488 e. The molecule has 0 spiro atoms. The summed E-state index contributed by atoms with van der Waals surface area (Å²) in [5.74, 6) is 0.871. The van der Waals surface area contributed by atoms with Gasteiger partial charge in [-0.3, -0.25) is 0 Å². The summed E-state index contributed by atoms with van der Waals surface area (Å²) in [4.78, 5) is 1.19. The first-order valence-electron chi connectivity index (χ1n) is 6.59. The van der Waals surface area contributed by atoms with Crippen molar-refractivity contribution in [2.75, 3.05) is 0 Å². The van der Waals surface area contributed by atoms with Gasteiger partial charge in [-0.2, -0.15) is 0 Å². The van der Waals surface area contributed by atoms with Crippen molar-refractivity contribution in [3.05, 3.63) is 49.6 Å². The zero-order valence-electron chi connectivity index (χ0n) is 10.9. The minimum absolute atomic E-state index is 0.576. The number of ether oxygens (including phenoxy) is 1. The van der Waals surface area contributed by atoms with Gasteiger partial charge in [0.2, 0.25) is 0 Å². The lowest BCUT2D eigenvalue weighted by Crippen LogP contribution is -2.16. The van der Waals surface area contributed by atoms with Gasteiger partial charge in [0.15, 0.2) is 0 Å². The molecule has 1 heterocycles. The summed E-state index contributed by atoms with van der Waals surface area (Å²) in [6.07, 6.45) is 2.54. The molecule has 20 heavy (non-hydrogen) atoms. The Labute approximate surface area is 136 Å². The third-order valence-electron chi connectivity index (χ3n) is 3.21. The maximum absolute atomic E-state index is 6.29. The van der Waals surface area contributed by atoms with Crippen LogP contribution >= 0.6 is 38.9 Å². The van der Waals surface area contributed by atoms with Gasteiger partial charge >= 0.3 is 0 Å². The Kier molecular flexibility index (Phi) is 4.66. The van der Waals surface area contributed by atoms with Crippen molar-refractivity contribution < 1.29 is 4.74 Å². The lowest BCUT2D eigenvalue weighted by molar-refractivity contribution is 0.305. The third kappa shape index (κ3) is 3.76. The van der Waals surface area contributed by atoms with Crippen LogP contribution in [0.1, 0.15) is 23.3 Å². The number of rotatable bonds is 6. The molecule has 0 aliphatic heterocycles. The second-order valence-electron chi connectivity index (χ2n) is 4.89. The van der Waals surface area contributed by atoms with Gasteiger partial charge in [-0.1, -0.05) is 17.7 Å². The van der Waals surface area contributed by atoms with E-state index in [-0.39, 0.29) is 0 Å². The summed E-state index contributed by atoms with van der Waals surface area (Å²) in [5.41, 5.74) is 1.05. The molecule has 1 aromatic heterocycles. The van der Waals surface area contributed by atoms with Gasteiger partial charge in [0.1, 0.15) is 12.4 Å². The zero-order valence-corrected chi connectivity index (χ0v) is 14.0. The molecule has 0 unspecified atom stereocenters. The Bertz CT molecular complexity index is 597. The molecular weight excluding hydrogens is 358 g/mol. The maximum atomic E-state index is 6.29. The van der Waals surface area contributed by atoms with E-state index in [0.717, 1.165) is 27.4 Å². The van der Waals surface area contributed by atoms with Gasteiger partial charge in [-0.15, -0.1) is 11.3 Å². The number of halogens is 2. The molecule has 1 N–H and O–H groups in total. The van der Waals surface area contributed by atoms with Crippen molar-refractivity contribution in [2.45, 2.75) is 32.0 Å². The largest absolute Gasteiger partial charge is 0.488 e. The van der Waals surface area contributed by atoms with Gasteiger partial charge in [-0.05, 0) is 47.0 Å². The number of hydrogen-bond acceptors (Lipinski definition) is 3. The van der Waals surface area contributed by atoms with E-state index in [1.165, 1.54) is 17.7 Å². The summed E-state index contributed by atoms with van der Waals surface area (Å²) in [6.45, 7) is 1.35. The Balaban J connectivity index is 1.68. The molecule has 5 heteroatoms. The second-order valence-corrected chi connectivity index (χ2v) is 7.21. The molecule has 0 amide bonds. The molecule has 3 rings (SSSR count). The summed E-state index contributed by atoms with van der Waals surface area (Å²) >= 11 is 11.4. The molecule has 2 nitrogen and oxygen atoms in total. The van der Waals surface area contributed by atoms with Crippen LogP contribution in [0.25, 0.3) is 0 Å². The molecule has 1 aliphatic rings. The Morgan fingerprint density at radius 1 is 1.40 bits per heavy atom. The van der Waals surface area contributed by atoms with Crippen molar-refractivity contribution in [1.82, 2.24) is 5.32 Å². The highest BCUT2D eigenvalue weighted by Gasteiger charge is 2.21.